The summed E-state index contributed by atoms with van der Waals surface area (Å²) in [6.45, 7) is 5.57. The van der Waals surface area contributed by atoms with Crippen LogP contribution in [0.15, 0.2) is 48.6 Å². The molecule has 0 bridgehead atoms. The first-order valence-electron chi connectivity index (χ1n) is 7.95. The highest BCUT2D eigenvalue weighted by Crippen LogP contribution is 2.42. The molecule has 2 aromatic carbocycles. The lowest BCUT2D eigenvalue weighted by molar-refractivity contribution is -0.139. The summed E-state index contributed by atoms with van der Waals surface area (Å²) in [5, 5.41) is 12.2. The van der Waals surface area contributed by atoms with Gasteiger partial charge in [-0.2, -0.15) is 0 Å². The lowest BCUT2D eigenvalue weighted by Crippen LogP contribution is -2.14. The monoisotopic (exact) mass is 324 g/mol. The Kier molecular flexibility index (Phi) is 4.56. The summed E-state index contributed by atoms with van der Waals surface area (Å²) in [4.78, 5) is 11.4. The molecule has 0 unspecified atom stereocenters. The van der Waals surface area contributed by atoms with Crippen LogP contribution < -0.4 is 4.74 Å². The Morgan fingerprint density at radius 1 is 1.12 bits per heavy atom. The highest BCUT2D eigenvalue weighted by atomic mass is 16.6. The molecule has 1 aliphatic carbocycles. The van der Waals surface area contributed by atoms with Crippen molar-refractivity contribution in [3.8, 4) is 11.5 Å². The molecule has 0 aromatic heterocycles. The molecule has 0 spiro atoms. The van der Waals surface area contributed by atoms with Gasteiger partial charge in [0.1, 0.15) is 24.7 Å². The van der Waals surface area contributed by atoms with Crippen molar-refractivity contribution < 1.29 is 19.4 Å². The van der Waals surface area contributed by atoms with Gasteiger partial charge in [-0.3, -0.25) is 0 Å². The van der Waals surface area contributed by atoms with Gasteiger partial charge in [0.15, 0.2) is 0 Å². The minimum Gasteiger partial charge on any atom is -0.507 e. The molecule has 124 valence electrons. The van der Waals surface area contributed by atoms with Crippen molar-refractivity contribution in [3.63, 3.8) is 0 Å². The van der Waals surface area contributed by atoms with Crippen LogP contribution in [0, 0.1) is 0 Å². The molecule has 3 rings (SSSR count). The first kappa shape index (κ1) is 16.1. The van der Waals surface area contributed by atoms with Crippen LogP contribution in [0.1, 0.15) is 18.1 Å². The van der Waals surface area contributed by atoms with Crippen LogP contribution in [0.4, 0.5) is 0 Å². The maximum Gasteiger partial charge on any atom is 0.333 e. The number of ether oxygens (including phenoxy) is 2. The van der Waals surface area contributed by atoms with E-state index in [2.05, 4.69) is 18.7 Å². The average Bonchev–Trinajstić information content (AvgIpc) is 2.60. The van der Waals surface area contributed by atoms with Crippen LogP contribution >= 0.6 is 0 Å². The van der Waals surface area contributed by atoms with Crippen molar-refractivity contribution in [2.75, 3.05) is 13.2 Å². The summed E-state index contributed by atoms with van der Waals surface area (Å²) >= 11 is 0. The minimum atomic E-state index is -0.417. The molecule has 0 amide bonds. The van der Waals surface area contributed by atoms with E-state index in [4.69, 9.17) is 9.47 Å². The fourth-order valence-corrected chi connectivity index (χ4v) is 2.90. The maximum atomic E-state index is 11.4. The number of carbonyl (C=O) groups excluding carboxylic acids is 1. The fourth-order valence-electron chi connectivity index (χ4n) is 2.90. The molecule has 4 nitrogen and oxygen atoms in total. The number of phenolic OH excluding ortho intramolecular Hbond substituents is 1. The molecule has 0 saturated heterocycles. The van der Waals surface area contributed by atoms with Crippen molar-refractivity contribution in [1.29, 1.82) is 0 Å². The van der Waals surface area contributed by atoms with Gasteiger partial charge in [-0.05, 0) is 19.8 Å². The molecule has 0 aliphatic heterocycles. The molecule has 0 radical (unpaired) electrons. The molecule has 4 heteroatoms. The predicted molar refractivity (Wildman–Crippen MR) is 93.4 cm³/mol. The number of carbonyl (C=O) groups is 1. The Morgan fingerprint density at radius 3 is 2.50 bits per heavy atom. The largest absolute Gasteiger partial charge is 0.507 e. The van der Waals surface area contributed by atoms with Gasteiger partial charge in [0.25, 0.3) is 0 Å². The normalized spacial score (nSPS) is 12.7. The smallest absolute Gasteiger partial charge is 0.333 e. The molecule has 0 atom stereocenters. The van der Waals surface area contributed by atoms with Crippen molar-refractivity contribution in [3.05, 3.63) is 59.7 Å². The molecule has 24 heavy (non-hydrogen) atoms. The van der Waals surface area contributed by atoms with Crippen molar-refractivity contribution in [2.45, 2.75) is 19.8 Å². The second-order valence-electron chi connectivity index (χ2n) is 5.82. The van der Waals surface area contributed by atoms with E-state index in [1.807, 2.05) is 24.3 Å². The van der Waals surface area contributed by atoms with Crippen molar-refractivity contribution in [1.82, 2.24) is 0 Å². The Hall–Kier alpha value is -2.75. The number of hydrogen-bond acceptors (Lipinski definition) is 4. The van der Waals surface area contributed by atoms with Crippen LogP contribution in [-0.2, 0) is 22.4 Å². The number of fused-ring (bicyclic) bond motifs is 2. The standard InChI is InChI=1S/C20H20O4/c1-13(2)20(22)24-12-11-23-19-16-9-5-3-7-14(16)18(21)15-8-4-6-10-17(15)19/h3-7,9,21H,1,8,10-12H2,2H3. The van der Waals surface area contributed by atoms with Gasteiger partial charge in [0.05, 0.1) is 0 Å². The minimum absolute atomic E-state index is 0.158. The quantitative estimate of drug-likeness (QED) is 0.394. The van der Waals surface area contributed by atoms with Gasteiger partial charge in [-0.25, -0.2) is 4.79 Å². The number of benzene rings is 2. The third-order valence-corrected chi connectivity index (χ3v) is 4.07. The second-order valence-corrected chi connectivity index (χ2v) is 5.82. The summed E-state index contributed by atoms with van der Waals surface area (Å²) in [6, 6.07) is 7.63. The molecule has 0 saturated carbocycles. The predicted octanol–water partition coefficient (Wildman–Crippen LogP) is 3.70. The lowest BCUT2D eigenvalue weighted by atomic mass is 9.91. The van der Waals surface area contributed by atoms with E-state index in [1.54, 1.807) is 6.92 Å². The van der Waals surface area contributed by atoms with Crippen molar-refractivity contribution >= 4 is 16.7 Å². The summed E-state index contributed by atoms with van der Waals surface area (Å²) in [7, 11) is 0. The van der Waals surface area contributed by atoms with E-state index in [0.717, 1.165) is 27.6 Å². The fraction of sp³-hybridized carbons (Fsp3) is 0.250. The number of aromatic hydroxyl groups is 1. The summed E-state index contributed by atoms with van der Waals surface area (Å²) < 4.78 is 11.0. The molecular formula is C20H20O4. The number of rotatable bonds is 5. The number of hydrogen-bond donors (Lipinski definition) is 1. The molecule has 2 aromatic rings. The zero-order valence-electron chi connectivity index (χ0n) is 13.7. The second kappa shape index (κ2) is 6.79. The highest BCUT2D eigenvalue weighted by molar-refractivity contribution is 5.96. The topological polar surface area (TPSA) is 55.8 Å². The summed E-state index contributed by atoms with van der Waals surface area (Å²) in [6.07, 6.45) is 5.53. The van der Waals surface area contributed by atoms with Crippen LogP contribution in [0.3, 0.4) is 0 Å². The lowest BCUT2D eigenvalue weighted by Gasteiger charge is -2.21. The zero-order valence-corrected chi connectivity index (χ0v) is 13.7. The van der Waals surface area contributed by atoms with Crippen molar-refractivity contribution in [2.24, 2.45) is 0 Å². The van der Waals surface area contributed by atoms with Crippen LogP contribution in [0.5, 0.6) is 11.5 Å². The Labute approximate surface area is 141 Å². The highest BCUT2D eigenvalue weighted by Gasteiger charge is 2.20. The van der Waals surface area contributed by atoms with Gasteiger partial charge < -0.3 is 14.6 Å². The summed E-state index contributed by atoms with van der Waals surface area (Å²) in [5.41, 5.74) is 2.28. The van der Waals surface area contributed by atoms with Crippen LogP contribution in [0.2, 0.25) is 0 Å². The third kappa shape index (κ3) is 3.00. The molecular weight excluding hydrogens is 304 g/mol. The first-order chi connectivity index (χ1) is 11.6. The summed E-state index contributed by atoms with van der Waals surface area (Å²) in [5.74, 6) is 0.666. The molecule has 0 heterocycles. The van der Waals surface area contributed by atoms with E-state index >= 15 is 0 Å². The Balaban J connectivity index is 1.88. The first-order valence-corrected chi connectivity index (χ1v) is 7.95. The molecule has 1 N–H and O–H groups in total. The van der Waals surface area contributed by atoms with E-state index in [0.29, 0.717) is 24.2 Å². The molecule has 0 fully saturated rings. The number of allylic oxidation sites excluding steroid dienone is 2. The Morgan fingerprint density at radius 2 is 1.79 bits per heavy atom. The van der Waals surface area contributed by atoms with Gasteiger partial charge in [-0.1, -0.05) is 43.0 Å². The SMILES string of the molecule is C=C(C)C(=O)OCCOc1c2c(c(O)c3ccccc13)CC=CC2. The van der Waals surface area contributed by atoms with Gasteiger partial charge in [0, 0.05) is 27.5 Å². The van der Waals surface area contributed by atoms with E-state index in [9.17, 15) is 9.90 Å². The van der Waals surface area contributed by atoms with Gasteiger partial charge >= 0.3 is 5.97 Å². The third-order valence-electron chi connectivity index (χ3n) is 4.07. The van der Waals surface area contributed by atoms with Crippen LogP contribution in [0.25, 0.3) is 10.8 Å². The van der Waals surface area contributed by atoms with E-state index in [-0.39, 0.29) is 13.2 Å². The molecule has 1 aliphatic rings. The Bertz CT molecular complexity index is 833. The zero-order chi connectivity index (χ0) is 17.1. The average molecular weight is 324 g/mol. The van der Waals surface area contributed by atoms with Crippen LogP contribution in [-0.4, -0.2) is 24.3 Å². The van der Waals surface area contributed by atoms with E-state index < -0.39 is 5.97 Å². The van der Waals surface area contributed by atoms with Gasteiger partial charge in [-0.15, -0.1) is 0 Å². The van der Waals surface area contributed by atoms with Gasteiger partial charge in [0.2, 0.25) is 0 Å². The van der Waals surface area contributed by atoms with E-state index in [1.165, 1.54) is 0 Å². The maximum absolute atomic E-state index is 11.4. The number of esters is 1. The number of phenols is 1.